The summed E-state index contributed by atoms with van der Waals surface area (Å²) in [4.78, 5) is 0. The highest BCUT2D eigenvalue weighted by Crippen LogP contribution is 2.31. The van der Waals surface area contributed by atoms with Gasteiger partial charge >= 0.3 is 0 Å². The molecule has 0 aromatic carbocycles. The van der Waals surface area contributed by atoms with Crippen LogP contribution in [0.4, 0.5) is 0 Å². The zero-order valence-electron chi connectivity index (χ0n) is 7.25. The van der Waals surface area contributed by atoms with Gasteiger partial charge in [0.1, 0.15) is 0 Å². The maximum Gasteiger partial charge on any atom is 0.151 e. The second kappa shape index (κ2) is 3.09. The summed E-state index contributed by atoms with van der Waals surface area (Å²) in [7, 11) is -2.80. The Morgan fingerprint density at radius 1 is 1.67 bits per heavy atom. The van der Waals surface area contributed by atoms with Crippen molar-refractivity contribution in [3.63, 3.8) is 0 Å². The Labute approximate surface area is 73.3 Å². The normalized spacial score (nSPS) is 33.1. The monoisotopic (exact) mass is 190 g/mol. The molecule has 3 nitrogen and oxygen atoms in total. The number of hydrogen-bond acceptors (Lipinski definition) is 3. The summed E-state index contributed by atoms with van der Waals surface area (Å²) in [5.41, 5.74) is -0.201. The number of sulfone groups is 1. The molecule has 0 bridgehead atoms. The van der Waals surface area contributed by atoms with Gasteiger partial charge in [0.15, 0.2) is 9.84 Å². The van der Waals surface area contributed by atoms with Crippen LogP contribution < -0.4 is 0 Å². The van der Waals surface area contributed by atoms with E-state index < -0.39 is 9.84 Å². The van der Waals surface area contributed by atoms with Crippen LogP contribution in [0.15, 0.2) is 12.8 Å². The molecule has 0 N–H and O–H groups in total. The molecule has 0 radical (unpaired) electrons. The van der Waals surface area contributed by atoms with Crippen molar-refractivity contribution in [1.82, 2.24) is 0 Å². The summed E-state index contributed by atoms with van der Waals surface area (Å²) in [5.74, 6) is 0.540. The van der Waals surface area contributed by atoms with Crippen molar-refractivity contribution < 1.29 is 13.2 Å². The van der Waals surface area contributed by atoms with Crippen molar-refractivity contribution in [2.24, 2.45) is 5.41 Å². The minimum Gasteiger partial charge on any atom is -0.501 e. The summed E-state index contributed by atoms with van der Waals surface area (Å²) in [6.07, 6.45) is 2.05. The Morgan fingerprint density at radius 3 is 2.75 bits per heavy atom. The van der Waals surface area contributed by atoms with Gasteiger partial charge in [0.2, 0.25) is 0 Å². The molecular weight excluding hydrogens is 176 g/mol. The van der Waals surface area contributed by atoms with Crippen molar-refractivity contribution >= 4 is 9.84 Å². The van der Waals surface area contributed by atoms with Crippen molar-refractivity contribution in [3.8, 4) is 0 Å². The molecule has 1 saturated heterocycles. The van der Waals surface area contributed by atoms with Crippen molar-refractivity contribution in [3.05, 3.63) is 12.8 Å². The maximum atomic E-state index is 11.1. The first-order valence-corrected chi connectivity index (χ1v) is 5.73. The SMILES string of the molecule is C=COCC1(C)CCS(=O)(=O)C1. The number of ether oxygens (including phenoxy) is 1. The van der Waals surface area contributed by atoms with Gasteiger partial charge in [-0.2, -0.15) is 0 Å². The molecule has 0 amide bonds. The van der Waals surface area contributed by atoms with Crippen molar-refractivity contribution in [2.45, 2.75) is 13.3 Å². The van der Waals surface area contributed by atoms with Gasteiger partial charge in [0.25, 0.3) is 0 Å². The second-order valence-electron chi connectivity index (χ2n) is 3.63. The van der Waals surface area contributed by atoms with Gasteiger partial charge in [-0.1, -0.05) is 13.5 Å². The van der Waals surface area contributed by atoms with Crippen LogP contribution in [0, 0.1) is 5.41 Å². The Kier molecular flexibility index (Phi) is 2.46. The van der Waals surface area contributed by atoms with Crippen LogP contribution in [0.25, 0.3) is 0 Å². The molecule has 0 aromatic rings. The van der Waals surface area contributed by atoms with E-state index in [1.807, 2.05) is 6.92 Å². The van der Waals surface area contributed by atoms with E-state index in [9.17, 15) is 8.42 Å². The Bertz CT molecular complexity index is 268. The third-order valence-corrected chi connectivity index (χ3v) is 4.10. The topological polar surface area (TPSA) is 43.4 Å². The van der Waals surface area contributed by atoms with Gasteiger partial charge in [-0.25, -0.2) is 8.42 Å². The number of hydrogen-bond donors (Lipinski definition) is 0. The molecule has 12 heavy (non-hydrogen) atoms. The summed E-state index contributed by atoms with van der Waals surface area (Å²) in [5, 5.41) is 0. The summed E-state index contributed by atoms with van der Waals surface area (Å²) >= 11 is 0. The molecule has 1 aliphatic rings. The van der Waals surface area contributed by atoms with Crippen LogP contribution in [-0.2, 0) is 14.6 Å². The summed E-state index contributed by atoms with van der Waals surface area (Å²) < 4.78 is 27.3. The lowest BCUT2D eigenvalue weighted by Gasteiger charge is -2.20. The quantitative estimate of drug-likeness (QED) is 0.623. The fourth-order valence-corrected chi connectivity index (χ4v) is 3.69. The average molecular weight is 190 g/mol. The summed E-state index contributed by atoms with van der Waals surface area (Å²) in [6, 6.07) is 0. The molecule has 0 aliphatic carbocycles. The Balaban J connectivity index is 2.58. The molecule has 1 fully saturated rings. The molecule has 1 atom stereocenters. The minimum atomic E-state index is -2.80. The maximum absolute atomic E-state index is 11.1. The molecular formula is C8H14O3S. The first kappa shape index (κ1) is 9.58. The fraction of sp³-hybridized carbons (Fsp3) is 0.750. The van der Waals surface area contributed by atoms with Crippen LogP contribution >= 0.6 is 0 Å². The predicted octanol–water partition coefficient (Wildman–Crippen LogP) is 0.971. The molecule has 1 aliphatic heterocycles. The molecule has 1 rings (SSSR count). The predicted molar refractivity (Wildman–Crippen MR) is 47.5 cm³/mol. The highest BCUT2D eigenvalue weighted by molar-refractivity contribution is 7.91. The van der Waals surface area contributed by atoms with Gasteiger partial charge in [-0.05, 0) is 6.42 Å². The van der Waals surface area contributed by atoms with Crippen molar-refractivity contribution in [1.29, 1.82) is 0 Å². The fourth-order valence-electron chi connectivity index (χ4n) is 1.45. The van der Waals surface area contributed by atoms with E-state index in [1.54, 1.807) is 0 Å². The zero-order chi connectivity index (χ0) is 9.24. The van der Waals surface area contributed by atoms with E-state index in [0.29, 0.717) is 18.8 Å². The van der Waals surface area contributed by atoms with Crippen molar-refractivity contribution in [2.75, 3.05) is 18.1 Å². The lowest BCUT2D eigenvalue weighted by atomic mass is 9.92. The third kappa shape index (κ3) is 2.24. The van der Waals surface area contributed by atoms with E-state index in [1.165, 1.54) is 6.26 Å². The van der Waals surface area contributed by atoms with E-state index in [-0.39, 0.29) is 11.2 Å². The molecule has 70 valence electrons. The van der Waals surface area contributed by atoms with E-state index in [4.69, 9.17) is 4.74 Å². The van der Waals surface area contributed by atoms with E-state index in [0.717, 1.165) is 0 Å². The highest BCUT2D eigenvalue weighted by Gasteiger charge is 2.38. The van der Waals surface area contributed by atoms with E-state index in [2.05, 4.69) is 6.58 Å². The van der Waals surface area contributed by atoms with Crippen LogP contribution in [0.1, 0.15) is 13.3 Å². The number of rotatable bonds is 3. The van der Waals surface area contributed by atoms with Gasteiger partial charge in [-0.15, -0.1) is 0 Å². The van der Waals surface area contributed by atoms with Crippen LogP contribution in [0.5, 0.6) is 0 Å². The third-order valence-electron chi connectivity index (χ3n) is 2.13. The largest absolute Gasteiger partial charge is 0.501 e. The smallest absolute Gasteiger partial charge is 0.151 e. The zero-order valence-corrected chi connectivity index (χ0v) is 8.06. The van der Waals surface area contributed by atoms with E-state index >= 15 is 0 Å². The molecule has 0 saturated carbocycles. The van der Waals surface area contributed by atoms with Crippen LogP contribution in [0.3, 0.4) is 0 Å². The van der Waals surface area contributed by atoms with Crippen LogP contribution in [0.2, 0.25) is 0 Å². The lowest BCUT2D eigenvalue weighted by molar-refractivity contribution is 0.143. The van der Waals surface area contributed by atoms with Gasteiger partial charge in [0.05, 0.1) is 24.4 Å². The van der Waals surface area contributed by atoms with Gasteiger partial charge in [0, 0.05) is 5.41 Å². The second-order valence-corrected chi connectivity index (χ2v) is 5.81. The average Bonchev–Trinajstić information content (AvgIpc) is 2.23. The molecule has 0 spiro atoms. The molecule has 1 heterocycles. The molecule has 0 aromatic heterocycles. The van der Waals surface area contributed by atoms with Gasteiger partial charge < -0.3 is 4.74 Å². The van der Waals surface area contributed by atoms with Crippen LogP contribution in [-0.4, -0.2) is 26.5 Å². The highest BCUT2D eigenvalue weighted by atomic mass is 32.2. The molecule has 1 unspecified atom stereocenters. The van der Waals surface area contributed by atoms with Gasteiger partial charge in [-0.3, -0.25) is 0 Å². The molecule has 4 heteroatoms. The summed E-state index contributed by atoms with van der Waals surface area (Å²) in [6.45, 7) is 5.80. The standard InChI is InChI=1S/C8H14O3S/c1-3-11-6-8(2)4-5-12(9,10)7-8/h3H,1,4-7H2,2H3. The lowest BCUT2D eigenvalue weighted by Crippen LogP contribution is -2.23. The first-order chi connectivity index (χ1) is 5.47. The Hall–Kier alpha value is -0.510. The first-order valence-electron chi connectivity index (χ1n) is 3.90. The Morgan fingerprint density at radius 2 is 2.33 bits per heavy atom. The minimum absolute atomic E-state index is 0.201.